The number of aromatic nitrogens is 4. The highest BCUT2D eigenvalue weighted by Gasteiger charge is 2.29. The molecule has 1 atom stereocenters. The van der Waals surface area contributed by atoms with E-state index in [0.29, 0.717) is 24.3 Å². The maximum Gasteiger partial charge on any atom is 0.422 e. The third-order valence-electron chi connectivity index (χ3n) is 4.65. The minimum Gasteiger partial charge on any atom is -0.467 e. The number of nitrogens with one attached hydrogen (secondary N) is 3. The lowest BCUT2D eigenvalue weighted by atomic mass is 10.2. The van der Waals surface area contributed by atoms with Gasteiger partial charge in [0, 0.05) is 30.9 Å². The van der Waals surface area contributed by atoms with Crippen LogP contribution in [-0.2, 0) is 4.79 Å². The first-order valence-electron chi connectivity index (χ1n) is 10.2. The van der Waals surface area contributed by atoms with E-state index in [2.05, 4.69) is 40.9 Å². The third-order valence-corrected chi connectivity index (χ3v) is 4.65. The van der Waals surface area contributed by atoms with Crippen molar-refractivity contribution in [2.24, 2.45) is 0 Å². The van der Waals surface area contributed by atoms with E-state index in [1.165, 1.54) is 42.9 Å². The molecule has 3 aromatic rings. The molecule has 1 aromatic carbocycles. The van der Waals surface area contributed by atoms with Crippen LogP contribution in [0, 0.1) is 0 Å². The standard InChI is InChI=1S/C21H18F3N7O4/c22-21(23,24)10-34-17-3-4-18(31-30-17)35-12-1-2-13(29-20(33)14-5-7-25-11-27-14)16(9-12)28-15-6-8-26-19(15)32/h1-5,7,9,11,15,28H,6,8,10H2,(H,26,32)(H,29,33)/t15-/m0/s1. The summed E-state index contributed by atoms with van der Waals surface area (Å²) in [5.41, 5.74) is 0.903. The lowest BCUT2D eigenvalue weighted by molar-refractivity contribution is -0.154. The summed E-state index contributed by atoms with van der Waals surface area (Å²) >= 11 is 0. The van der Waals surface area contributed by atoms with E-state index < -0.39 is 24.7 Å². The lowest BCUT2D eigenvalue weighted by Crippen LogP contribution is -2.30. The summed E-state index contributed by atoms with van der Waals surface area (Å²) in [6.07, 6.45) is -1.29. The summed E-state index contributed by atoms with van der Waals surface area (Å²) in [7, 11) is 0. The van der Waals surface area contributed by atoms with Crippen LogP contribution in [0.15, 0.2) is 48.9 Å². The van der Waals surface area contributed by atoms with Crippen LogP contribution in [0.5, 0.6) is 17.5 Å². The molecule has 2 amide bonds. The van der Waals surface area contributed by atoms with Gasteiger partial charge in [-0.15, -0.1) is 10.2 Å². The van der Waals surface area contributed by atoms with Crippen molar-refractivity contribution in [1.29, 1.82) is 0 Å². The molecule has 11 nitrogen and oxygen atoms in total. The van der Waals surface area contributed by atoms with Gasteiger partial charge in [-0.1, -0.05) is 0 Å². The molecule has 0 unspecified atom stereocenters. The van der Waals surface area contributed by atoms with Gasteiger partial charge in [0.1, 0.15) is 23.8 Å². The van der Waals surface area contributed by atoms with Crippen molar-refractivity contribution in [2.45, 2.75) is 18.6 Å². The van der Waals surface area contributed by atoms with Gasteiger partial charge in [0.05, 0.1) is 11.4 Å². The van der Waals surface area contributed by atoms with E-state index in [9.17, 15) is 22.8 Å². The van der Waals surface area contributed by atoms with Crippen LogP contribution in [-0.4, -0.2) is 57.3 Å². The lowest BCUT2D eigenvalue weighted by Gasteiger charge is -2.17. The van der Waals surface area contributed by atoms with Crippen molar-refractivity contribution in [2.75, 3.05) is 23.8 Å². The van der Waals surface area contributed by atoms with E-state index in [1.54, 1.807) is 6.07 Å². The van der Waals surface area contributed by atoms with Crippen LogP contribution in [0.3, 0.4) is 0 Å². The number of benzene rings is 1. The van der Waals surface area contributed by atoms with E-state index in [1.807, 2.05) is 0 Å². The molecule has 3 heterocycles. The Kier molecular flexibility index (Phi) is 6.89. The molecular weight excluding hydrogens is 471 g/mol. The Labute approximate surface area is 196 Å². The number of carbonyl (C=O) groups excluding carboxylic acids is 2. The summed E-state index contributed by atoms with van der Waals surface area (Å²) in [5, 5.41) is 15.8. The van der Waals surface area contributed by atoms with Crippen molar-refractivity contribution in [3.8, 4) is 17.5 Å². The highest BCUT2D eigenvalue weighted by molar-refractivity contribution is 6.05. The predicted molar refractivity (Wildman–Crippen MR) is 115 cm³/mol. The molecule has 0 radical (unpaired) electrons. The largest absolute Gasteiger partial charge is 0.467 e. The summed E-state index contributed by atoms with van der Waals surface area (Å²) < 4.78 is 46.9. The molecule has 0 aliphatic carbocycles. The van der Waals surface area contributed by atoms with Gasteiger partial charge in [-0.25, -0.2) is 9.97 Å². The molecule has 0 bridgehead atoms. The van der Waals surface area contributed by atoms with E-state index >= 15 is 0 Å². The molecule has 1 aliphatic rings. The Morgan fingerprint density at radius 1 is 1.11 bits per heavy atom. The fourth-order valence-corrected chi connectivity index (χ4v) is 3.06. The summed E-state index contributed by atoms with van der Waals surface area (Å²) in [4.78, 5) is 32.3. The highest BCUT2D eigenvalue weighted by Crippen LogP contribution is 2.31. The van der Waals surface area contributed by atoms with Gasteiger partial charge in [0.15, 0.2) is 6.61 Å². The first-order chi connectivity index (χ1) is 16.8. The quantitative estimate of drug-likeness (QED) is 0.435. The van der Waals surface area contributed by atoms with Crippen molar-refractivity contribution in [3.05, 3.63) is 54.6 Å². The second kappa shape index (κ2) is 10.2. The Balaban J connectivity index is 1.51. The van der Waals surface area contributed by atoms with Crippen molar-refractivity contribution in [3.63, 3.8) is 0 Å². The molecule has 182 valence electrons. The molecule has 0 spiro atoms. The molecule has 35 heavy (non-hydrogen) atoms. The number of carbonyl (C=O) groups is 2. The molecule has 4 rings (SSSR count). The van der Waals surface area contributed by atoms with Crippen LogP contribution in [0.1, 0.15) is 16.9 Å². The Morgan fingerprint density at radius 2 is 1.91 bits per heavy atom. The van der Waals surface area contributed by atoms with Crippen LogP contribution in [0.25, 0.3) is 0 Å². The highest BCUT2D eigenvalue weighted by atomic mass is 19.4. The van der Waals surface area contributed by atoms with E-state index in [4.69, 9.17) is 4.74 Å². The fraction of sp³-hybridized carbons (Fsp3) is 0.238. The van der Waals surface area contributed by atoms with Gasteiger partial charge < -0.3 is 25.4 Å². The maximum absolute atomic E-state index is 12.6. The number of hydrogen-bond donors (Lipinski definition) is 3. The van der Waals surface area contributed by atoms with Gasteiger partial charge in [0.25, 0.3) is 5.91 Å². The SMILES string of the molecule is O=C(Nc1ccc(Oc2ccc(OCC(F)(F)F)nn2)cc1N[C@H]1CCNC1=O)c1ccncn1. The molecule has 14 heteroatoms. The molecule has 1 fully saturated rings. The van der Waals surface area contributed by atoms with Gasteiger partial charge in [-0.05, 0) is 24.6 Å². The normalized spacial score (nSPS) is 15.3. The number of anilines is 2. The molecule has 0 saturated carbocycles. The van der Waals surface area contributed by atoms with Crippen LogP contribution in [0.2, 0.25) is 0 Å². The second-order valence-electron chi connectivity index (χ2n) is 7.25. The molecule has 1 saturated heterocycles. The average molecular weight is 489 g/mol. The average Bonchev–Trinajstić information content (AvgIpc) is 3.24. The zero-order valence-corrected chi connectivity index (χ0v) is 17.9. The smallest absolute Gasteiger partial charge is 0.422 e. The fourth-order valence-electron chi connectivity index (χ4n) is 3.06. The third kappa shape index (κ3) is 6.52. The van der Waals surface area contributed by atoms with Gasteiger partial charge in [-0.3, -0.25) is 9.59 Å². The zero-order chi connectivity index (χ0) is 24.8. The Morgan fingerprint density at radius 3 is 2.57 bits per heavy atom. The number of hydrogen-bond acceptors (Lipinski definition) is 9. The van der Waals surface area contributed by atoms with Crippen LogP contribution < -0.4 is 25.4 Å². The number of nitrogens with zero attached hydrogens (tertiary/aromatic N) is 4. The monoisotopic (exact) mass is 489 g/mol. The van der Waals surface area contributed by atoms with Crippen LogP contribution >= 0.6 is 0 Å². The maximum atomic E-state index is 12.6. The number of ether oxygens (including phenoxy) is 2. The molecule has 2 aromatic heterocycles. The van der Waals surface area contributed by atoms with E-state index in [0.717, 1.165) is 0 Å². The van der Waals surface area contributed by atoms with Crippen molar-refractivity contribution in [1.82, 2.24) is 25.5 Å². The van der Waals surface area contributed by atoms with E-state index in [-0.39, 0.29) is 29.1 Å². The van der Waals surface area contributed by atoms with Crippen molar-refractivity contribution >= 4 is 23.2 Å². The first-order valence-corrected chi connectivity index (χ1v) is 10.2. The van der Waals surface area contributed by atoms with Gasteiger partial charge in [0.2, 0.25) is 17.7 Å². The Bertz CT molecular complexity index is 1190. The molecular formula is C21H18F3N7O4. The predicted octanol–water partition coefficient (Wildman–Crippen LogP) is 2.55. The van der Waals surface area contributed by atoms with Gasteiger partial charge in [-0.2, -0.15) is 13.2 Å². The zero-order valence-electron chi connectivity index (χ0n) is 17.9. The van der Waals surface area contributed by atoms with Crippen LogP contribution in [0.4, 0.5) is 24.5 Å². The minimum atomic E-state index is -4.50. The number of alkyl halides is 3. The number of halogens is 3. The number of amides is 2. The summed E-state index contributed by atoms with van der Waals surface area (Å²) in [6.45, 7) is -0.985. The topological polar surface area (TPSA) is 140 Å². The molecule has 3 N–H and O–H groups in total. The Hall–Kier alpha value is -4.49. The minimum absolute atomic E-state index is 0.00770. The summed E-state index contributed by atoms with van der Waals surface area (Å²) in [6, 6.07) is 8.03. The van der Waals surface area contributed by atoms with Gasteiger partial charge >= 0.3 is 6.18 Å². The number of rotatable bonds is 8. The first kappa shape index (κ1) is 23.7. The molecule has 1 aliphatic heterocycles. The summed E-state index contributed by atoms with van der Waals surface area (Å²) in [5.74, 6) is -0.729. The second-order valence-corrected chi connectivity index (χ2v) is 7.25. The van der Waals surface area contributed by atoms with Crippen molar-refractivity contribution < 1.29 is 32.2 Å².